The first-order chi connectivity index (χ1) is 9.40. The van der Waals surface area contributed by atoms with Crippen molar-refractivity contribution in [2.24, 2.45) is 0 Å². The molecule has 1 aromatic carbocycles. The number of nitrogens with one attached hydrogen (secondary N) is 1. The molecule has 0 atom stereocenters. The molecule has 2 N–H and O–H groups in total. The zero-order valence-corrected chi connectivity index (χ0v) is 13.4. The number of hydrogen-bond acceptors (Lipinski definition) is 3. The number of carbonyl (C=O) groups is 2. The van der Waals surface area contributed by atoms with Crippen LogP contribution in [0.3, 0.4) is 0 Å². The Labute approximate surface area is 132 Å². The van der Waals surface area contributed by atoms with Crippen molar-refractivity contribution >= 4 is 56.4 Å². The Morgan fingerprint density at radius 2 is 2.10 bits per heavy atom. The lowest BCUT2D eigenvalue weighted by atomic mass is 10.2. The number of amides is 1. The van der Waals surface area contributed by atoms with Crippen LogP contribution in [0.1, 0.15) is 25.6 Å². The highest BCUT2D eigenvalue weighted by Gasteiger charge is 2.18. The molecule has 0 aliphatic rings. The van der Waals surface area contributed by atoms with Gasteiger partial charge in [0.15, 0.2) is 0 Å². The first kappa shape index (κ1) is 15.0. The average Bonchev–Trinajstić information content (AvgIpc) is 2.74. The summed E-state index contributed by atoms with van der Waals surface area (Å²) in [6, 6.07) is 4.78. The Morgan fingerprint density at radius 1 is 1.40 bits per heavy atom. The molecule has 0 saturated carbocycles. The van der Waals surface area contributed by atoms with E-state index in [1.54, 1.807) is 24.4 Å². The molecule has 104 valence electrons. The van der Waals surface area contributed by atoms with Crippen LogP contribution >= 0.6 is 38.9 Å². The van der Waals surface area contributed by atoms with Crippen LogP contribution in [-0.4, -0.2) is 17.0 Å². The van der Waals surface area contributed by atoms with Gasteiger partial charge in [0.25, 0.3) is 5.91 Å². The Hall–Kier alpha value is -1.37. The molecular formula is C13H9BrClNO3S. The van der Waals surface area contributed by atoms with Gasteiger partial charge in [0, 0.05) is 10.0 Å². The van der Waals surface area contributed by atoms with Gasteiger partial charge >= 0.3 is 5.97 Å². The van der Waals surface area contributed by atoms with Crippen LogP contribution in [0, 0.1) is 6.92 Å². The molecule has 1 amide bonds. The van der Waals surface area contributed by atoms with Crippen LogP contribution in [0.2, 0.25) is 5.02 Å². The zero-order chi connectivity index (χ0) is 14.9. The molecule has 1 heterocycles. The summed E-state index contributed by atoms with van der Waals surface area (Å²) in [5, 5.41) is 13.8. The Balaban J connectivity index is 2.30. The molecule has 0 unspecified atom stereocenters. The van der Waals surface area contributed by atoms with Crippen LogP contribution in [0.15, 0.2) is 28.1 Å². The third kappa shape index (κ3) is 3.03. The van der Waals surface area contributed by atoms with E-state index in [9.17, 15) is 9.59 Å². The Morgan fingerprint density at radius 3 is 2.70 bits per heavy atom. The number of rotatable bonds is 3. The fraction of sp³-hybridized carbons (Fsp3) is 0.0769. The zero-order valence-electron chi connectivity index (χ0n) is 10.2. The van der Waals surface area contributed by atoms with E-state index < -0.39 is 11.9 Å². The molecule has 20 heavy (non-hydrogen) atoms. The van der Waals surface area contributed by atoms with Crippen molar-refractivity contribution in [1.82, 2.24) is 0 Å². The second-order valence-electron chi connectivity index (χ2n) is 4.01. The first-order valence-electron chi connectivity index (χ1n) is 5.48. The van der Waals surface area contributed by atoms with Crippen molar-refractivity contribution in [2.45, 2.75) is 6.92 Å². The molecule has 0 radical (unpaired) electrons. The van der Waals surface area contributed by atoms with E-state index in [-0.39, 0.29) is 4.88 Å². The second kappa shape index (κ2) is 5.95. The molecular weight excluding hydrogens is 366 g/mol. The van der Waals surface area contributed by atoms with Crippen molar-refractivity contribution in [3.63, 3.8) is 0 Å². The smallest absolute Gasteiger partial charge is 0.348 e. The number of halogens is 2. The lowest BCUT2D eigenvalue weighted by molar-refractivity contribution is 0.0703. The largest absolute Gasteiger partial charge is 0.477 e. The van der Waals surface area contributed by atoms with Crippen molar-refractivity contribution in [3.8, 4) is 0 Å². The number of aromatic carboxylic acids is 1. The van der Waals surface area contributed by atoms with E-state index in [0.717, 1.165) is 11.3 Å². The Kier molecular flexibility index (Phi) is 4.47. The highest BCUT2D eigenvalue weighted by atomic mass is 79.9. The van der Waals surface area contributed by atoms with Gasteiger partial charge in [0.2, 0.25) is 0 Å². The molecule has 0 fully saturated rings. The number of anilines is 1. The number of aryl methyl sites for hydroxylation is 1. The fourth-order valence-corrected chi connectivity index (χ4v) is 2.85. The fourth-order valence-electron chi connectivity index (χ4n) is 1.58. The first-order valence-corrected chi connectivity index (χ1v) is 7.53. The van der Waals surface area contributed by atoms with Gasteiger partial charge in [-0.25, -0.2) is 4.79 Å². The minimum absolute atomic E-state index is 0.110. The van der Waals surface area contributed by atoms with Crippen LogP contribution in [0.5, 0.6) is 0 Å². The van der Waals surface area contributed by atoms with Crippen LogP contribution in [-0.2, 0) is 0 Å². The number of hydrogen-bond donors (Lipinski definition) is 2. The molecule has 0 aliphatic carbocycles. The third-order valence-corrected chi connectivity index (χ3v) is 4.91. The van der Waals surface area contributed by atoms with Crippen molar-refractivity contribution in [2.75, 3.05) is 5.32 Å². The standard InChI is InChI=1S/C13H9BrClNO3S/c1-6-5-20-11(13(18)19)10(6)16-12(17)7-2-3-8(14)9(15)4-7/h2-5H,1H3,(H,16,17)(H,18,19). The maximum absolute atomic E-state index is 12.1. The lowest BCUT2D eigenvalue weighted by Gasteiger charge is -2.07. The van der Waals surface area contributed by atoms with E-state index in [1.807, 2.05) is 0 Å². The van der Waals surface area contributed by atoms with Crippen molar-refractivity contribution in [3.05, 3.63) is 49.1 Å². The van der Waals surface area contributed by atoms with Gasteiger partial charge in [-0.1, -0.05) is 11.6 Å². The predicted octanol–water partition coefficient (Wildman–Crippen LogP) is 4.42. The normalized spacial score (nSPS) is 10.3. The minimum Gasteiger partial charge on any atom is -0.477 e. The van der Waals surface area contributed by atoms with Crippen LogP contribution in [0.4, 0.5) is 5.69 Å². The topological polar surface area (TPSA) is 66.4 Å². The number of benzene rings is 1. The van der Waals surface area contributed by atoms with E-state index >= 15 is 0 Å². The molecule has 2 rings (SSSR count). The molecule has 0 saturated heterocycles. The summed E-state index contributed by atoms with van der Waals surface area (Å²) in [6.45, 7) is 1.74. The number of carboxylic acid groups (broad SMARTS) is 1. The van der Waals surface area contributed by atoms with Crippen molar-refractivity contribution in [1.29, 1.82) is 0 Å². The van der Waals surface area contributed by atoms with E-state index in [0.29, 0.717) is 26.3 Å². The number of carboxylic acids is 1. The summed E-state index contributed by atoms with van der Waals surface area (Å²) >= 11 is 10.3. The summed E-state index contributed by atoms with van der Waals surface area (Å²) in [5.74, 6) is -1.46. The summed E-state index contributed by atoms with van der Waals surface area (Å²) < 4.78 is 0.689. The van der Waals surface area contributed by atoms with Gasteiger partial charge in [-0.2, -0.15) is 0 Å². The molecule has 2 aromatic rings. The molecule has 0 spiro atoms. The van der Waals surface area contributed by atoms with Gasteiger partial charge in [-0.3, -0.25) is 4.79 Å². The van der Waals surface area contributed by atoms with Gasteiger partial charge in [-0.15, -0.1) is 11.3 Å². The van der Waals surface area contributed by atoms with Gasteiger partial charge in [0.1, 0.15) is 4.88 Å². The predicted molar refractivity (Wildman–Crippen MR) is 83.1 cm³/mol. The van der Waals surface area contributed by atoms with E-state index in [2.05, 4.69) is 21.2 Å². The van der Waals surface area contributed by atoms with Gasteiger partial charge in [-0.05, 0) is 52.0 Å². The molecule has 0 bridgehead atoms. The van der Waals surface area contributed by atoms with Gasteiger partial charge < -0.3 is 10.4 Å². The summed E-state index contributed by atoms with van der Waals surface area (Å²) in [6.07, 6.45) is 0. The number of carbonyl (C=O) groups excluding carboxylic acids is 1. The molecule has 4 nitrogen and oxygen atoms in total. The maximum atomic E-state index is 12.1. The Bertz CT molecular complexity index is 699. The summed E-state index contributed by atoms with van der Waals surface area (Å²) in [5.41, 5.74) is 1.40. The minimum atomic E-state index is -1.06. The van der Waals surface area contributed by atoms with Crippen LogP contribution < -0.4 is 5.32 Å². The van der Waals surface area contributed by atoms with Gasteiger partial charge in [0.05, 0.1) is 10.7 Å². The second-order valence-corrected chi connectivity index (χ2v) is 6.15. The lowest BCUT2D eigenvalue weighted by Crippen LogP contribution is -2.14. The van der Waals surface area contributed by atoms with Crippen molar-refractivity contribution < 1.29 is 14.7 Å². The monoisotopic (exact) mass is 373 g/mol. The highest BCUT2D eigenvalue weighted by molar-refractivity contribution is 9.10. The molecule has 1 aromatic heterocycles. The highest BCUT2D eigenvalue weighted by Crippen LogP contribution is 2.29. The third-order valence-electron chi connectivity index (χ3n) is 2.59. The van der Waals surface area contributed by atoms with E-state index in [4.69, 9.17) is 16.7 Å². The average molecular weight is 375 g/mol. The molecule has 0 aliphatic heterocycles. The summed E-state index contributed by atoms with van der Waals surface area (Å²) in [7, 11) is 0. The van der Waals surface area contributed by atoms with E-state index in [1.165, 1.54) is 6.07 Å². The van der Waals surface area contributed by atoms with Crippen LogP contribution in [0.25, 0.3) is 0 Å². The number of thiophene rings is 1. The summed E-state index contributed by atoms with van der Waals surface area (Å²) in [4.78, 5) is 23.3. The quantitative estimate of drug-likeness (QED) is 0.835. The molecule has 7 heteroatoms. The maximum Gasteiger partial charge on any atom is 0.348 e. The SMILES string of the molecule is Cc1csc(C(=O)O)c1NC(=O)c1ccc(Br)c(Cl)c1.